The third-order valence-electron chi connectivity index (χ3n) is 3.59. The van der Waals surface area contributed by atoms with Gasteiger partial charge in [0.25, 0.3) is 5.69 Å². The standard InChI is InChI=1S/C16H13N5O5/c1-10-5-6-11(21(24)25)8-13(10)18-14(22)9-20-15(19-26-16(20)23)12-4-2-3-7-17-12/h2-8H,9H2,1H3,(H,18,22). The number of rotatable bonds is 5. The maximum atomic E-state index is 12.3. The van der Waals surface area contributed by atoms with E-state index in [4.69, 9.17) is 0 Å². The van der Waals surface area contributed by atoms with E-state index in [1.807, 2.05) is 0 Å². The number of amides is 1. The summed E-state index contributed by atoms with van der Waals surface area (Å²) in [6.07, 6.45) is 1.52. The molecule has 2 aromatic heterocycles. The summed E-state index contributed by atoms with van der Waals surface area (Å²) < 4.78 is 5.66. The maximum absolute atomic E-state index is 12.3. The molecule has 0 saturated carbocycles. The van der Waals surface area contributed by atoms with Crippen molar-refractivity contribution in [3.05, 3.63) is 68.8 Å². The third kappa shape index (κ3) is 3.48. The second kappa shape index (κ2) is 6.97. The second-order valence-electron chi connectivity index (χ2n) is 5.38. The van der Waals surface area contributed by atoms with Crippen molar-refractivity contribution in [2.45, 2.75) is 13.5 Å². The van der Waals surface area contributed by atoms with Crippen LogP contribution in [0.4, 0.5) is 11.4 Å². The van der Waals surface area contributed by atoms with Crippen LogP contribution in [0.2, 0.25) is 0 Å². The molecule has 132 valence electrons. The van der Waals surface area contributed by atoms with Crippen LogP contribution in [0.5, 0.6) is 0 Å². The van der Waals surface area contributed by atoms with Crippen molar-refractivity contribution < 1.29 is 14.2 Å². The van der Waals surface area contributed by atoms with Crippen molar-refractivity contribution in [2.75, 3.05) is 5.32 Å². The van der Waals surface area contributed by atoms with Crippen molar-refractivity contribution in [3.63, 3.8) is 0 Å². The maximum Gasteiger partial charge on any atom is 0.442 e. The fourth-order valence-corrected chi connectivity index (χ4v) is 2.28. The lowest BCUT2D eigenvalue weighted by molar-refractivity contribution is -0.384. The fourth-order valence-electron chi connectivity index (χ4n) is 2.28. The number of non-ortho nitro benzene ring substituents is 1. The number of carbonyl (C=O) groups is 1. The summed E-state index contributed by atoms with van der Waals surface area (Å²) >= 11 is 0. The highest BCUT2D eigenvalue weighted by Crippen LogP contribution is 2.22. The van der Waals surface area contributed by atoms with E-state index in [1.54, 1.807) is 25.1 Å². The first kappa shape index (κ1) is 17.0. The number of nitro groups is 1. The van der Waals surface area contributed by atoms with Crippen LogP contribution in [-0.4, -0.2) is 25.5 Å². The van der Waals surface area contributed by atoms with Gasteiger partial charge in [0.15, 0.2) is 0 Å². The zero-order chi connectivity index (χ0) is 18.7. The van der Waals surface area contributed by atoms with Gasteiger partial charge in [-0.3, -0.25) is 24.4 Å². The number of nitrogens with zero attached hydrogens (tertiary/aromatic N) is 4. The van der Waals surface area contributed by atoms with Gasteiger partial charge in [0.1, 0.15) is 12.2 Å². The molecule has 1 N–H and O–H groups in total. The molecule has 0 radical (unpaired) electrons. The van der Waals surface area contributed by atoms with E-state index in [9.17, 15) is 19.7 Å². The van der Waals surface area contributed by atoms with Crippen molar-refractivity contribution >= 4 is 17.3 Å². The van der Waals surface area contributed by atoms with Crippen LogP contribution in [0.3, 0.4) is 0 Å². The number of aryl methyl sites for hydroxylation is 1. The smallest absolute Gasteiger partial charge is 0.324 e. The SMILES string of the molecule is Cc1ccc([N+](=O)[O-])cc1NC(=O)Cn1c(-c2ccccn2)noc1=O. The number of benzene rings is 1. The number of nitrogens with one attached hydrogen (secondary N) is 1. The highest BCUT2D eigenvalue weighted by atomic mass is 16.6. The minimum absolute atomic E-state index is 0.113. The molecule has 1 amide bonds. The average molecular weight is 355 g/mol. The zero-order valence-electron chi connectivity index (χ0n) is 13.6. The molecule has 0 atom stereocenters. The van der Waals surface area contributed by atoms with E-state index in [2.05, 4.69) is 20.0 Å². The topological polar surface area (TPSA) is 133 Å². The van der Waals surface area contributed by atoms with Crippen molar-refractivity contribution in [1.82, 2.24) is 14.7 Å². The van der Waals surface area contributed by atoms with Gasteiger partial charge in [0.05, 0.1) is 10.6 Å². The Morgan fingerprint density at radius 1 is 1.35 bits per heavy atom. The fraction of sp³-hybridized carbons (Fsp3) is 0.125. The number of pyridine rings is 1. The van der Waals surface area contributed by atoms with Crippen LogP contribution in [-0.2, 0) is 11.3 Å². The minimum atomic E-state index is -0.809. The molecule has 0 aliphatic carbocycles. The van der Waals surface area contributed by atoms with Gasteiger partial charge in [-0.2, -0.15) is 0 Å². The van der Waals surface area contributed by atoms with Crippen LogP contribution in [0.25, 0.3) is 11.5 Å². The minimum Gasteiger partial charge on any atom is -0.324 e. The van der Waals surface area contributed by atoms with E-state index in [-0.39, 0.29) is 23.7 Å². The molecule has 0 aliphatic rings. The number of hydrogen-bond acceptors (Lipinski definition) is 7. The van der Waals surface area contributed by atoms with E-state index in [1.165, 1.54) is 24.4 Å². The predicted octanol–water partition coefficient (Wildman–Crippen LogP) is 1.75. The summed E-state index contributed by atoms with van der Waals surface area (Å²) in [7, 11) is 0. The van der Waals surface area contributed by atoms with Crippen LogP contribution >= 0.6 is 0 Å². The summed E-state index contributed by atoms with van der Waals surface area (Å²) in [4.78, 5) is 38.6. The third-order valence-corrected chi connectivity index (χ3v) is 3.59. The van der Waals surface area contributed by atoms with Gasteiger partial charge >= 0.3 is 5.76 Å². The summed E-state index contributed by atoms with van der Waals surface area (Å²) in [5.74, 6) is -1.26. The summed E-state index contributed by atoms with van der Waals surface area (Å²) in [5, 5.41) is 17.1. The molecule has 10 nitrogen and oxygen atoms in total. The van der Waals surface area contributed by atoms with Crippen LogP contribution in [0, 0.1) is 17.0 Å². The lowest BCUT2D eigenvalue weighted by atomic mass is 10.2. The highest BCUT2D eigenvalue weighted by molar-refractivity contribution is 5.92. The first-order valence-electron chi connectivity index (χ1n) is 7.48. The molecule has 0 bridgehead atoms. The molecular formula is C16H13N5O5. The van der Waals surface area contributed by atoms with Gasteiger partial charge < -0.3 is 5.32 Å². The molecule has 3 rings (SSSR count). The van der Waals surface area contributed by atoms with Crippen LogP contribution in [0.1, 0.15) is 5.56 Å². The van der Waals surface area contributed by atoms with E-state index < -0.39 is 16.6 Å². The van der Waals surface area contributed by atoms with Gasteiger partial charge in [0.2, 0.25) is 11.7 Å². The van der Waals surface area contributed by atoms with Crippen LogP contribution < -0.4 is 11.1 Å². The van der Waals surface area contributed by atoms with Crippen LogP contribution in [0.15, 0.2) is 51.9 Å². The molecule has 26 heavy (non-hydrogen) atoms. The van der Waals surface area contributed by atoms with E-state index in [0.717, 1.165) is 4.57 Å². The summed E-state index contributed by atoms with van der Waals surface area (Å²) in [6, 6.07) is 9.15. The van der Waals surface area contributed by atoms with Gasteiger partial charge in [0, 0.05) is 18.3 Å². The first-order chi connectivity index (χ1) is 12.5. The molecule has 2 heterocycles. The molecule has 0 unspecified atom stereocenters. The Labute approximate surface area is 146 Å². The number of carbonyl (C=O) groups excluding carboxylic acids is 1. The number of aromatic nitrogens is 3. The predicted molar refractivity (Wildman–Crippen MR) is 90.5 cm³/mol. The number of hydrogen-bond donors (Lipinski definition) is 1. The zero-order valence-corrected chi connectivity index (χ0v) is 13.6. The van der Waals surface area contributed by atoms with Gasteiger partial charge in [-0.25, -0.2) is 9.36 Å². The molecule has 1 aromatic carbocycles. The first-order valence-corrected chi connectivity index (χ1v) is 7.48. The lowest BCUT2D eigenvalue weighted by Crippen LogP contribution is -2.26. The Bertz CT molecular complexity index is 1030. The van der Waals surface area contributed by atoms with E-state index in [0.29, 0.717) is 11.3 Å². The summed E-state index contributed by atoms with van der Waals surface area (Å²) in [6.45, 7) is 1.32. The molecule has 0 aliphatic heterocycles. The Kier molecular flexibility index (Phi) is 4.56. The summed E-state index contributed by atoms with van der Waals surface area (Å²) in [5.41, 5.74) is 1.15. The lowest BCUT2D eigenvalue weighted by Gasteiger charge is -2.09. The molecule has 0 fully saturated rings. The average Bonchev–Trinajstić information content (AvgIpc) is 2.98. The number of anilines is 1. The molecule has 3 aromatic rings. The normalized spacial score (nSPS) is 10.5. The Morgan fingerprint density at radius 2 is 2.15 bits per heavy atom. The highest BCUT2D eigenvalue weighted by Gasteiger charge is 2.18. The van der Waals surface area contributed by atoms with Crippen molar-refractivity contribution in [2.24, 2.45) is 0 Å². The molecule has 10 heteroatoms. The molecular weight excluding hydrogens is 342 g/mol. The van der Waals surface area contributed by atoms with Crippen molar-refractivity contribution in [1.29, 1.82) is 0 Å². The largest absolute Gasteiger partial charge is 0.442 e. The van der Waals surface area contributed by atoms with Gasteiger partial charge in [-0.15, -0.1) is 0 Å². The Balaban J connectivity index is 1.84. The molecule has 0 spiro atoms. The number of nitro benzene ring substituents is 1. The second-order valence-corrected chi connectivity index (χ2v) is 5.38. The van der Waals surface area contributed by atoms with E-state index >= 15 is 0 Å². The quantitative estimate of drug-likeness (QED) is 0.544. The van der Waals surface area contributed by atoms with Gasteiger partial charge in [-0.05, 0) is 24.6 Å². The van der Waals surface area contributed by atoms with Crippen molar-refractivity contribution in [3.8, 4) is 11.5 Å². The Hall–Kier alpha value is -3.82. The monoisotopic (exact) mass is 355 g/mol. The Morgan fingerprint density at radius 3 is 2.85 bits per heavy atom. The molecule has 0 saturated heterocycles. The van der Waals surface area contributed by atoms with Gasteiger partial charge in [-0.1, -0.05) is 17.3 Å².